The summed E-state index contributed by atoms with van der Waals surface area (Å²) in [5, 5.41) is 6.58. The third-order valence-corrected chi connectivity index (χ3v) is 4.69. The Labute approximate surface area is 149 Å². The van der Waals surface area contributed by atoms with Crippen molar-refractivity contribution < 1.29 is 13.9 Å². The second-order valence-corrected chi connectivity index (χ2v) is 6.50. The van der Waals surface area contributed by atoms with Gasteiger partial charge in [0, 0.05) is 32.0 Å². The van der Waals surface area contributed by atoms with E-state index in [1.807, 2.05) is 12.1 Å². The third kappa shape index (κ3) is 5.73. The molecule has 0 heterocycles. The van der Waals surface area contributed by atoms with E-state index in [1.54, 1.807) is 13.1 Å². The molecule has 0 bridgehead atoms. The quantitative estimate of drug-likeness (QED) is 0.311. The van der Waals surface area contributed by atoms with Crippen molar-refractivity contribution in [1.82, 2.24) is 10.6 Å². The Morgan fingerprint density at radius 3 is 2.64 bits per heavy atom. The van der Waals surface area contributed by atoms with Gasteiger partial charge < -0.3 is 15.4 Å². The van der Waals surface area contributed by atoms with Gasteiger partial charge in [-0.3, -0.25) is 9.79 Å². The molecule has 0 aliphatic heterocycles. The highest BCUT2D eigenvalue weighted by molar-refractivity contribution is 5.79. The van der Waals surface area contributed by atoms with Gasteiger partial charge >= 0.3 is 5.97 Å². The van der Waals surface area contributed by atoms with Crippen molar-refractivity contribution in [2.75, 3.05) is 27.2 Å². The Hall–Kier alpha value is -2.11. The van der Waals surface area contributed by atoms with Crippen molar-refractivity contribution in [2.24, 2.45) is 4.99 Å². The molecule has 0 atom stereocenters. The zero-order valence-electron chi connectivity index (χ0n) is 15.1. The molecule has 0 radical (unpaired) electrons. The van der Waals surface area contributed by atoms with E-state index in [-0.39, 0.29) is 17.2 Å². The SMILES string of the molecule is CN=C(NCCCCCC(=O)OC)NCC1(c2ccccc2F)CC1. The van der Waals surface area contributed by atoms with Crippen LogP contribution in [-0.4, -0.2) is 39.2 Å². The summed E-state index contributed by atoms with van der Waals surface area (Å²) in [4.78, 5) is 15.3. The Bertz CT molecular complexity index is 600. The number of unbranched alkanes of at least 4 members (excludes halogenated alkanes) is 2. The smallest absolute Gasteiger partial charge is 0.305 e. The first-order valence-electron chi connectivity index (χ1n) is 8.87. The lowest BCUT2D eigenvalue weighted by molar-refractivity contribution is -0.140. The molecule has 0 aromatic heterocycles. The number of ether oxygens (including phenoxy) is 1. The van der Waals surface area contributed by atoms with E-state index in [9.17, 15) is 9.18 Å². The first-order valence-corrected chi connectivity index (χ1v) is 8.87. The number of hydrogen-bond acceptors (Lipinski definition) is 3. The molecule has 6 heteroatoms. The largest absolute Gasteiger partial charge is 0.469 e. The lowest BCUT2D eigenvalue weighted by Crippen LogP contribution is -2.41. The van der Waals surface area contributed by atoms with Crippen LogP contribution < -0.4 is 10.6 Å². The maximum atomic E-state index is 14.0. The van der Waals surface area contributed by atoms with Crippen LogP contribution in [0.25, 0.3) is 0 Å². The van der Waals surface area contributed by atoms with Crippen LogP contribution in [0.2, 0.25) is 0 Å². The molecule has 2 N–H and O–H groups in total. The minimum absolute atomic E-state index is 0.108. The molecular formula is C19H28FN3O2. The Balaban J connectivity index is 1.69. The van der Waals surface area contributed by atoms with E-state index in [0.29, 0.717) is 13.0 Å². The van der Waals surface area contributed by atoms with Crippen LogP contribution in [0, 0.1) is 5.82 Å². The second-order valence-electron chi connectivity index (χ2n) is 6.50. The fourth-order valence-corrected chi connectivity index (χ4v) is 2.94. The van der Waals surface area contributed by atoms with Gasteiger partial charge in [0.1, 0.15) is 5.82 Å². The number of rotatable bonds is 9. The first kappa shape index (κ1) is 19.2. The minimum atomic E-state index is -0.159. The Kier molecular flexibility index (Phi) is 7.22. The van der Waals surface area contributed by atoms with E-state index in [2.05, 4.69) is 20.4 Å². The van der Waals surface area contributed by atoms with Gasteiger partial charge in [0.05, 0.1) is 7.11 Å². The number of hydrogen-bond donors (Lipinski definition) is 2. The van der Waals surface area contributed by atoms with Crippen LogP contribution in [0.3, 0.4) is 0 Å². The Morgan fingerprint density at radius 1 is 1.24 bits per heavy atom. The number of carbonyl (C=O) groups is 1. The molecule has 2 rings (SSSR count). The molecule has 25 heavy (non-hydrogen) atoms. The normalized spacial score (nSPS) is 15.6. The predicted octanol–water partition coefficient (Wildman–Crippen LogP) is 2.76. The summed E-state index contributed by atoms with van der Waals surface area (Å²) in [5.41, 5.74) is 0.685. The summed E-state index contributed by atoms with van der Waals surface area (Å²) in [5.74, 6) is 0.444. The molecule has 5 nitrogen and oxygen atoms in total. The summed E-state index contributed by atoms with van der Waals surface area (Å²) < 4.78 is 18.6. The van der Waals surface area contributed by atoms with Crippen molar-refractivity contribution in [3.8, 4) is 0 Å². The molecule has 0 amide bonds. The summed E-state index contributed by atoms with van der Waals surface area (Å²) >= 11 is 0. The Morgan fingerprint density at radius 2 is 2.00 bits per heavy atom. The lowest BCUT2D eigenvalue weighted by atomic mass is 9.95. The zero-order valence-corrected chi connectivity index (χ0v) is 15.1. The molecule has 0 spiro atoms. The molecule has 1 aliphatic carbocycles. The number of esters is 1. The summed E-state index contributed by atoms with van der Waals surface area (Å²) in [6.07, 6.45) is 5.19. The van der Waals surface area contributed by atoms with Gasteiger partial charge in [0.25, 0.3) is 0 Å². The number of methoxy groups -OCH3 is 1. The van der Waals surface area contributed by atoms with Gasteiger partial charge in [-0.15, -0.1) is 0 Å². The van der Waals surface area contributed by atoms with Crippen molar-refractivity contribution >= 4 is 11.9 Å². The van der Waals surface area contributed by atoms with Gasteiger partial charge in [-0.05, 0) is 37.3 Å². The van der Waals surface area contributed by atoms with Gasteiger partial charge in [0.2, 0.25) is 0 Å². The third-order valence-electron chi connectivity index (χ3n) is 4.69. The highest BCUT2D eigenvalue weighted by Gasteiger charge is 2.45. The minimum Gasteiger partial charge on any atom is -0.469 e. The van der Waals surface area contributed by atoms with E-state index < -0.39 is 0 Å². The monoisotopic (exact) mass is 349 g/mol. The molecule has 1 aromatic rings. The van der Waals surface area contributed by atoms with Crippen molar-refractivity contribution in [2.45, 2.75) is 43.9 Å². The highest BCUT2D eigenvalue weighted by Crippen LogP contribution is 2.48. The van der Waals surface area contributed by atoms with E-state index >= 15 is 0 Å². The van der Waals surface area contributed by atoms with Gasteiger partial charge in [0.15, 0.2) is 5.96 Å². The number of benzene rings is 1. The number of carbonyl (C=O) groups excluding carboxylic acids is 1. The topological polar surface area (TPSA) is 62.7 Å². The number of nitrogens with one attached hydrogen (secondary N) is 2. The van der Waals surface area contributed by atoms with Gasteiger partial charge in [-0.25, -0.2) is 4.39 Å². The molecule has 1 aliphatic rings. The molecule has 1 aromatic carbocycles. The summed E-state index contributed by atoms with van der Waals surface area (Å²) in [6, 6.07) is 7.02. The molecule has 0 unspecified atom stereocenters. The number of nitrogens with zero attached hydrogens (tertiary/aromatic N) is 1. The van der Waals surface area contributed by atoms with Crippen LogP contribution in [-0.2, 0) is 14.9 Å². The van der Waals surface area contributed by atoms with E-state index in [4.69, 9.17) is 0 Å². The molecule has 1 saturated carbocycles. The fourth-order valence-electron chi connectivity index (χ4n) is 2.94. The maximum Gasteiger partial charge on any atom is 0.305 e. The van der Waals surface area contributed by atoms with Crippen LogP contribution >= 0.6 is 0 Å². The molecule has 138 valence electrons. The molecular weight excluding hydrogens is 321 g/mol. The van der Waals surface area contributed by atoms with E-state index in [1.165, 1.54) is 13.2 Å². The van der Waals surface area contributed by atoms with Crippen molar-refractivity contribution in [3.05, 3.63) is 35.6 Å². The lowest BCUT2D eigenvalue weighted by Gasteiger charge is -2.19. The summed E-state index contributed by atoms with van der Waals surface area (Å²) in [7, 11) is 3.14. The number of aliphatic imine (C=N–C) groups is 1. The van der Waals surface area contributed by atoms with Crippen LogP contribution in [0.1, 0.15) is 44.1 Å². The van der Waals surface area contributed by atoms with E-state index in [0.717, 1.165) is 50.2 Å². The number of guanidine groups is 1. The van der Waals surface area contributed by atoms with Crippen molar-refractivity contribution in [1.29, 1.82) is 0 Å². The van der Waals surface area contributed by atoms with Gasteiger partial charge in [-0.1, -0.05) is 24.6 Å². The van der Waals surface area contributed by atoms with Crippen molar-refractivity contribution in [3.63, 3.8) is 0 Å². The second kappa shape index (κ2) is 9.39. The first-order chi connectivity index (χ1) is 12.1. The predicted molar refractivity (Wildman–Crippen MR) is 97.2 cm³/mol. The number of halogens is 1. The average Bonchev–Trinajstić information content (AvgIpc) is 3.41. The highest BCUT2D eigenvalue weighted by atomic mass is 19.1. The maximum absolute atomic E-state index is 14.0. The fraction of sp³-hybridized carbons (Fsp3) is 0.579. The standard InChI is InChI=1S/C19H28FN3O2/c1-21-18(22-13-7-3-4-10-17(24)25-2)23-14-19(11-12-19)15-8-5-6-9-16(15)20/h5-6,8-9H,3-4,7,10-14H2,1-2H3,(H2,21,22,23). The summed E-state index contributed by atoms with van der Waals surface area (Å²) in [6.45, 7) is 1.46. The van der Waals surface area contributed by atoms with Crippen LogP contribution in [0.15, 0.2) is 29.3 Å². The van der Waals surface area contributed by atoms with Gasteiger partial charge in [-0.2, -0.15) is 0 Å². The average molecular weight is 349 g/mol. The molecule has 0 saturated heterocycles. The zero-order chi connectivity index (χ0) is 18.1. The van der Waals surface area contributed by atoms with Crippen LogP contribution in [0.5, 0.6) is 0 Å². The molecule has 1 fully saturated rings. The van der Waals surface area contributed by atoms with Crippen LogP contribution in [0.4, 0.5) is 4.39 Å².